The van der Waals surface area contributed by atoms with Crippen molar-refractivity contribution in [2.75, 3.05) is 13.6 Å². The summed E-state index contributed by atoms with van der Waals surface area (Å²) in [6, 6.07) is 5.17. The van der Waals surface area contributed by atoms with Crippen molar-refractivity contribution >= 4 is 45.0 Å². The lowest BCUT2D eigenvalue weighted by Crippen LogP contribution is -2.29. The average molecular weight is 339 g/mol. The van der Waals surface area contributed by atoms with Gasteiger partial charge in [0.25, 0.3) is 5.91 Å². The van der Waals surface area contributed by atoms with E-state index in [1.54, 1.807) is 30.1 Å². The molecule has 0 aliphatic carbocycles. The second-order valence-corrected chi connectivity index (χ2v) is 5.96. The lowest BCUT2D eigenvalue weighted by molar-refractivity contribution is 0.0793. The SMILES string of the molecule is CC(Cl)CCN(C)C(=O)c1cc(Cl)ccc1Br. The maximum absolute atomic E-state index is 12.1. The number of carbonyl (C=O) groups is 1. The molecule has 1 amide bonds. The molecule has 0 aliphatic rings. The Hall–Kier alpha value is -0.250. The Labute approximate surface area is 120 Å². The molecule has 0 heterocycles. The maximum atomic E-state index is 12.1. The zero-order valence-electron chi connectivity index (χ0n) is 9.71. The van der Waals surface area contributed by atoms with Crippen LogP contribution in [0.1, 0.15) is 23.7 Å². The fourth-order valence-electron chi connectivity index (χ4n) is 1.34. The Balaban J connectivity index is 2.78. The summed E-state index contributed by atoms with van der Waals surface area (Å²) in [6.45, 7) is 2.54. The van der Waals surface area contributed by atoms with E-state index in [0.717, 1.165) is 10.9 Å². The van der Waals surface area contributed by atoms with E-state index < -0.39 is 0 Å². The van der Waals surface area contributed by atoms with Gasteiger partial charge in [0.1, 0.15) is 0 Å². The first-order chi connectivity index (χ1) is 7.91. The highest BCUT2D eigenvalue weighted by Gasteiger charge is 2.15. The number of hydrogen-bond acceptors (Lipinski definition) is 1. The molecule has 0 radical (unpaired) electrons. The smallest absolute Gasteiger partial charge is 0.254 e. The molecule has 0 bridgehead atoms. The lowest BCUT2D eigenvalue weighted by atomic mass is 10.2. The predicted molar refractivity (Wildman–Crippen MR) is 76.0 cm³/mol. The van der Waals surface area contributed by atoms with Gasteiger partial charge in [0, 0.05) is 28.5 Å². The normalized spacial score (nSPS) is 12.3. The monoisotopic (exact) mass is 337 g/mol. The topological polar surface area (TPSA) is 20.3 Å². The first-order valence-corrected chi connectivity index (χ1v) is 6.87. The van der Waals surface area contributed by atoms with E-state index >= 15 is 0 Å². The molecular formula is C12H14BrCl2NO. The summed E-state index contributed by atoms with van der Waals surface area (Å²) in [7, 11) is 1.76. The summed E-state index contributed by atoms with van der Waals surface area (Å²) < 4.78 is 0.748. The van der Waals surface area contributed by atoms with E-state index in [1.165, 1.54) is 0 Å². The molecule has 1 aromatic carbocycles. The van der Waals surface area contributed by atoms with Crippen LogP contribution in [-0.2, 0) is 0 Å². The number of benzene rings is 1. The van der Waals surface area contributed by atoms with Gasteiger partial charge < -0.3 is 4.90 Å². The Morgan fingerprint density at radius 3 is 2.76 bits per heavy atom. The van der Waals surface area contributed by atoms with Crippen LogP contribution >= 0.6 is 39.1 Å². The first-order valence-electron chi connectivity index (χ1n) is 5.26. The number of carbonyl (C=O) groups excluding carboxylic acids is 1. The third kappa shape index (κ3) is 4.49. The Morgan fingerprint density at radius 1 is 1.53 bits per heavy atom. The molecule has 0 saturated heterocycles. The molecule has 17 heavy (non-hydrogen) atoms. The second-order valence-electron chi connectivity index (χ2n) is 3.92. The van der Waals surface area contributed by atoms with Crippen LogP contribution in [0.4, 0.5) is 0 Å². The van der Waals surface area contributed by atoms with Crippen LogP contribution in [0, 0.1) is 0 Å². The second kappa shape index (κ2) is 6.62. The van der Waals surface area contributed by atoms with E-state index in [0.29, 0.717) is 17.1 Å². The number of alkyl halides is 1. The summed E-state index contributed by atoms with van der Waals surface area (Å²) in [5.41, 5.74) is 0.572. The number of hydrogen-bond donors (Lipinski definition) is 0. The van der Waals surface area contributed by atoms with Gasteiger partial charge in [-0.15, -0.1) is 11.6 Å². The highest BCUT2D eigenvalue weighted by atomic mass is 79.9. The van der Waals surface area contributed by atoms with Crippen LogP contribution in [0.5, 0.6) is 0 Å². The minimum absolute atomic E-state index is 0.0586. The van der Waals surface area contributed by atoms with Gasteiger partial charge in [-0.05, 0) is 47.5 Å². The van der Waals surface area contributed by atoms with Gasteiger partial charge in [0.2, 0.25) is 0 Å². The summed E-state index contributed by atoms with van der Waals surface area (Å²) in [5.74, 6) is -0.0586. The van der Waals surface area contributed by atoms with Crippen LogP contribution in [0.15, 0.2) is 22.7 Å². The average Bonchev–Trinajstić information content (AvgIpc) is 2.28. The molecule has 94 valence electrons. The third-order valence-corrected chi connectivity index (χ3v) is 3.51. The predicted octanol–water partition coefficient (Wildman–Crippen LogP) is 4.19. The summed E-state index contributed by atoms with van der Waals surface area (Å²) in [6.07, 6.45) is 0.766. The zero-order chi connectivity index (χ0) is 13.0. The van der Waals surface area contributed by atoms with E-state index in [4.69, 9.17) is 23.2 Å². The Kier molecular flexibility index (Phi) is 5.77. The summed E-state index contributed by atoms with van der Waals surface area (Å²) in [5, 5.41) is 0.615. The molecule has 0 aliphatic heterocycles. The quantitative estimate of drug-likeness (QED) is 0.754. The molecule has 5 heteroatoms. The van der Waals surface area contributed by atoms with E-state index in [2.05, 4.69) is 15.9 Å². The van der Waals surface area contributed by atoms with Gasteiger partial charge in [-0.2, -0.15) is 0 Å². The summed E-state index contributed by atoms with van der Waals surface area (Å²) in [4.78, 5) is 13.8. The van der Waals surface area contributed by atoms with Crippen LogP contribution in [0.3, 0.4) is 0 Å². The molecule has 0 aromatic heterocycles. The molecule has 0 N–H and O–H groups in total. The van der Waals surface area contributed by atoms with Gasteiger partial charge in [-0.3, -0.25) is 4.79 Å². The van der Waals surface area contributed by atoms with Gasteiger partial charge in [-0.1, -0.05) is 11.6 Å². The standard InChI is InChI=1S/C12H14BrCl2NO/c1-8(14)5-6-16(2)12(17)10-7-9(15)3-4-11(10)13/h3-4,7-8H,5-6H2,1-2H3. The van der Waals surface area contributed by atoms with Crippen molar-refractivity contribution < 1.29 is 4.79 Å². The fraction of sp³-hybridized carbons (Fsp3) is 0.417. The Morgan fingerprint density at radius 2 is 2.18 bits per heavy atom. The molecule has 0 spiro atoms. The van der Waals surface area contributed by atoms with Crippen LogP contribution in [-0.4, -0.2) is 29.8 Å². The molecule has 1 atom stereocenters. The summed E-state index contributed by atoms with van der Waals surface area (Å²) >= 11 is 15.1. The molecule has 2 nitrogen and oxygen atoms in total. The largest absolute Gasteiger partial charge is 0.342 e. The van der Waals surface area contributed by atoms with Crippen molar-refractivity contribution in [3.8, 4) is 0 Å². The number of halogens is 3. The first kappa shape index (κ1) is 14.8. The highest BCUT2D eigenvalue weighted by molar-refractivity contribution is 9.10. The molecule has 1 aromatic rings. The molecule has 1 rings (SSSR count). The van der Waals surface area contributed by atoms with Gasteiger partial charge in [0.05, 0.1) is 5.56 Å². The van der Waals surface area contributed by atoms with Crippen molar-refractivity contribution in [3.63, 3.8) is 0 Å². The number of nitrogens with zero attached hydrogens (tertiary/aromatic N) is 1. The fourth-order valence-corrected chi connectivity index (χ4v) is 2.03. The maximum Gasteiger partial charge on any atom is 0.254 e. The molecule has 0 saturated carbocycles. The Bertz CT molecular complexity index is 409. The zero-order valence-corrected chi connectivity index (χ0v) is 12.8. The van der Waals surface area contributed by atoms with Gasteiger partial charge in [0.15, 0.2) is 0 Å². The van der Waals surface area contributed by atoms with Crippen molar-refractivity contribution in [1.29, 1.82) is 0 Å². The van der Waals surface area contributed by atoms with E-state index in [9.17, 15) is 4.79 Å². The van der Waals surface area contributed by atoms with Crippen molar-refractivity contribution in [1.82, 2.24) is 4.90 Å². The minimum atomic E-state index is -0.0586. The van der Waals surface area contributed by atoms with Crippen LogP contribution in [0.2, 0.25) is 5.02 Å². The van der Waals surface area contributed by atoms with E-state index in [-0.39, 0.29) is 11.3 Å². The van der Waals surface area contributed by atoms with E-state index in [1.807, 2.05) is 6.92 Å². The number of amides is 1. The van der Waals surface area contributed by atoms with Crippen LogP contribution < -0.4 is 0 Å². The van der Waals surface area contributed by atoms with Gasteiger partial charge >= 0.3 is 0 Å². The number of rotatable bonds is 4. The molecule has 0 fully saturated rings. The minimum Gasteiger partial charge on any atom is -0.342 e. The molecular weight excluding hydrogens is 325 g/mol. The van der Waals surface area contributed by atoms with Gasteiger partial charge in [-0.25, -0.2) is 0 Å². The highest BCUT2D eigenvalue weighted by Crippen LogP contribution is 2.22. The molecule has 1 unspecified atom stereocenters. The van der Waals surface area contributed by atoms with Crippen molar-refractivity contribution in [2.24, 2.45) is 0 Å². The van der Waals surface area contributed by atoms with Crippen molar-refractivity contribution in [3.05, 3.63) is 33.3 Å². The van der Waals surface area contributed by atoms with Crippen molar-refractivity contribution in [2.45, 2.75) is 18.7 Å². The lowest BCUT2D eigenvalue weighted by Gasteiger charge is -2.18. The third-order valence-electron chi connectivity index (χ3n) is 2.37. The van der Waals surface area contributed by atoms with Crippen LogP contribution in [0.25, 0.3) is 0 Å².